The van der Waals surface area contributed by atoms with E-state index in [2.05, 4.69) is 5.32 Å². The molecule has 1 amide bonds. The molecule has 0 spiro atoms. The lowest BCUT2D eigenvalue weighted by Crippen LogP contribution is -2.47. The summed E-state index contributed by atoms with van der Waals surface area (Å²) in [5.74, 6) is -0.0796. The Hall–Kier alpha value is -0.650. The van der Waals surface area contributed by atoms with Crippen molar-refractivity contribution in [1.82, 2.24) is 5.32 Å². The van der Waals surface area contributed by atoms with E-state index in [0.717, 1.165) is 6.42 Å². The van der Waals surface area contributed by atoms with Crippen LogP contribution in [0.5, 0.6) is 0 Å². The second kappa shape index (κ2) is 7.62. The number of ether oxygens (including phenoxy) is 1. The largest absolute Gasteiger partial charge is 0.389 e. The molecule has 0 aromatic carbocycles. The molecule has 0 bridgehead atoms. The molecule has 4 N–H and O–H groups in total. The van der Waals surface area contributed by atoms with Gasteiger partial charge in [-0.15, -0.1) is 0 Å². The molecule has 0 aromatic heterocycles. The van der Waals surface area contributed by atoms with Crippen molar-refractivity contribution in [2.24, 2.45) is 11.7 Å². The second-order valence-electron chi connectivity index (χ2n) is 3.77. The number of carbonyl (C=O) groups excluding carboxylic acids is 1. The molecule has 0 heterocycles. The van der Waals surface area contributed by atoms with Gasteiger partial charge in [0.15, 0.2) is 0 Å². The van der Waals surface area contributed by atoms with Crippen LogP contribution in [0.1, 0.15) is 20.3 Å². The zero-order valence-corrected chi connectivity index (χ0v) is 9.69. The average Bonchev–Trinajstić information content (AvgIpc) is 2.24. The lowest BCUT2D eigenvalue weighted by molar-refractivity contribution is -0.124. The molecule has 0 radical (unpaired) electrons. The molecule has 0 fully saturated rings. The predicted octanol–water partition coefficient (Wildman–Crippen LogP) is -0.517. The van der Waals surface area contributed by atoms with E-state index in [1.807, 2.05) is 13.8 Å². The Morgan fingerprint density at radius 2 is 2.20 bits per heavy atom. The third-order valence-electron chi connectivity index (χ3n) is 2.43. The summed E-state index contributed by atoms with van der Waals surface area (Å²) < 4.78 is 4.73. The fourth-order valence-corrected chi connectivity index (χ4v) is 1.10. The van der Waals surface area contributed by atoms with E-state index in [9.17, 15) is 9.90 Å². The zero-order valence-electron chi connectivity index (χ0n) is 9.69. The van der Waals surface area contributed by atoms with E-state index in [4.69, 9.17) is 10.5 Å². The lowest BCUT2D eigenvalue weighted by atomic mass is 9.99. The van der Waals surface area contributed by atoms with Crippen LogP contribution in [0.25, 0.3) is 0 Å². The van der Waals surface area contributed by atoms with Crippen molar-refractivity contribution in [3.63, 3.8) is 0 Å². The van der Waals surface area contributed by atoms with Gasteiger partial charge in [0.2, 0.25) is 5.91 Å². The van der Waals surface area contributed by atoms with E-state index in [-0.39, 0.29) is 25.0 Å². The number of nitrogens with one attached hydrogen (secondary N) is 1. The molecule has 0 aliphatic heterocycles. The Kier molecular flexibility index (Phi) is 7.29. The van der Waals surface area contributed by atoms with Crippen LogP contribution < -0.4 is 11.1 Å². The SMILES string of the molecule is CCC(C)C(N)C(=O)NCC(O)COC. The molecule has 15 heavy (non-hydrogen) atoms. The van der Waals surface area contributed by atoms with Gasteiger partial charge < -0.3 is 20.9 Å². The molecular weight excluding hydrogens is 196 g/mol. The van der Waals surface area contributed by atoms with Gasteiger partial charge in [0, 0.05) is 13.7 Å². The monoisotopic (exact) mass is 218 g/mol. The normalized spacial score (nSPS) is 16.9. The van der Waals surface area contributed by atoms with Crippen LogP contribution in [0.3, 0.4) is 0 Å². The molecule has 3 atom stereocenters. The van der Waals surface area contributed by atoms with Gasteiger partial charge in [-0.3, -0.25) is 4.79 Å². The van der Waals surface area contributed by atoms with E-state index in [1.165, 1.54) is 7.11 Å². The van der Waals surface area contributed by atoms with Crippen LogP contribution in [0.2, 0.25) is 0 Å². The summed E-state index contributed by atoms with van der Waals surface area (Å²) in [6, 6.07) is -0.509. The van der Waals surface area contributed by atoms with E-state index in [1.54, 1.807) is 0 Å². The summed E-state index contributed by atoms with van der Waals surface area (Å²) in [5.41, 5.74) is 5.71. The minimum Gasteiger partial charge on any atom is -0.389 e. The van der Waals surface area contributed by atoms with E-state index < -0.39 is 12.1 Å². The van der Waals surface area contributed by atoms with Gasteiger partial charge in [-0.25, -0.2) is 0 Å². The highest BCUT2D eigenvalue weighted by atomic mass is 16.5. The zero-order chi connectivity index (χ0) is 11.8. The summed E-state index contributed by atoms with van der Waals surface area (Å²) in [4.78, 5) is 11.5. The topological polar surface area (TPSA) is 84.6 Å². The third-order valence-corrected chi connectivity index (χ3v) is 2.43. The van der Waals surface area contributed by atoms with Crippen molar-refractivity contribution in [1.29, 1.82) is 0 Å². The van der Waals surface area contributed by atoms with Crippen LogP contribution in [0.4, 0.5) is 0 Å². The standard InChI is InChI=1S/C10H22N2O3/c1-4-7(2)9(11)10(14)12-5-8(13)6-15-3/h7-9,13H,4-6,11H2,1-3H3,(H,12,14). The Morgan fingerprint density at radius 1 is 1.60 bits per heavy atom. The number of carbonyl (C=O) groups is 1. The first kappa shape index (κ1) is 14.3. The number of aliphatic hydroxyl groups excluding tert-OH is 1. The highest BCUT2D eigenvalue weighted by Crippen LogP contribution is 2.04. The molecule has 0 rings (SSSR count). The summed E-state index contributed by atoms with van der Waals surface area (Å²) in [5, 5.41) is 11.9. The molecular formula is C10H22N2O3. The molecule has 0 aliphatic carbocycles. The highest BCUT2D eigenvalue weighted by Gasteiger charge is 2.19. The van der Waals surface area contributed by atoms with Crippen LogP contribution in [0, 0.1) is 5.92 Å². The second-order valence-corrected chi connectivity index (χ2v) is 3.77. The Bertz CT molecular complexity index is 188. The fraction of sp³-hybridized carbons (Fsp3) is 0.900. The van der Waals surface area contributed by atoms with Crippen molar-refractivity contribution < 1.29 is 14.6 Å². The fourth-order valence-electron chi connectivity index (χ4n) is 1.10. The van der Waals surface area contributed by atoms with Gasteiger partial charge in [-0.05, 0) is 5.92 Å². The van der Waals surface area contributed by atoms with Crippen LogP contribution >= 0.6 is 0 Å². The maximum absolute atomic E-state index is 11.5. The summed E-state index contributed by atoms with van der Waals surface area (Å²) in [6.45, 7) is 4.29. The Morgan fingerprint density at radius 3 is 2.67 bits per heavy atom. The van der Waals surface area contributed by atoms with Crippen molar-refractivity contribution in [3.05, 3.63) is 0 Å². The minimum absolute atomic E-state index is 0.143. The summed E-state index contributed by atoms with van der Waals surface area (Å²) >= 11 is 0. The Balaban J connectivity index is 3.82. The summed E-state index contributed by atoms with van der Waals surface area (Å²) in [6.07, 6.45) is 0.179. The van der Waals surface area contributed by atoms with Crippen molar-refractivity contribution >= 4 is 5.91 Å². The summed E-state index contributed by atoms with van der Waals surface area (Å²) in [7, 11) is 1.50. The van der Waals surface area contributed by atoms with Crippen LogP contribution in [-0.4, -0.2) is 43.4 Å². The maximum atomic E-state index is 11.5. The van der Waals surface area contributed by atoms with Gasteiger partial charge >= 0.3 is 0 Å². The van der Waals surface area contributed by atoms with Gasteiger partial charge in [0.05, 0.1) is 18.8 Å². The Labute approximate surface area is 91.0 Å². The van der Waals surface area contributed by atoms with Gasteiger partial charge in [-0.1, -0.05) is 20.3 Å². The average molecular weight is 218 g/mol. The first-order valence-electron chi connectivity index (χ1n) is 5.23. The molecule has 0 saturated carbocycles. The van der Waals surface area contributed by atoms with Gasteiger partial charge in [-0.2, -0.15) is 0 Å². The number of nitrogens with two attached hydrogens (primary N) is 1. The first-order valence-corrected chi connectivity index (χ1v) is 5.23. The molecule has 0 aromatic rings. The smallest absolute Gasteiger partial charge is 0.237 e. The van der Waals surface area contributed by atoms with E-state index in [0.29, 0.717) is 0 Å². The highest BCUT2D eigenvalue weighted by molar-refractivity contribution is 5.81. The first-order chi connectivity index (χ1) is 7.02. The van der Waals surface area contributed by atoms with Crippen LogP contribution in [-0.2, 0) is 9.53 Å². The number of methoxy groups -OCH3 is 1. The van der Waals surface area contributed by atoms with Gasteiger partial charge in [0.1, 0.15) is 0 Å². The predicted molar refractivity (Wildman–Crippen MR) is 58.3 cm³/mol. The molecule has 0 saturated heterocycles. The van der Waals surface area contributed by atoms with Crippen molar-refractivity contribution in [2.45, 2.75) is 32.4 Å². The lowest BCUT2D eigenvalue weighted by Gasteiger charge is -2.18. The van der Waals surface area contributed by atoms with E-state index >= 15 is 0 Å². The molecule has 90 valence electrons. The molecule has 5 nitrogen and oxygen atoms in total. The number of rotatable bonds is 7. The molecule has 5 heteroatoms. The number of hydrogen-bond acceptors (Lipinski definition) is 4. The number of hydrogen-bond donors (Lipinski definition) is 3. The maximum Gasteiger partial charge on any atom is 0.237 e. The number of amides is 1. The van der Waals surface area contributed by atoms with Crippen LogP contribution in [0.15, 0.2) is 0 Å². The third kappa shape index (κ3) is 5.71. The van der Waals surface area contributed by atoms with Gasteiger partial charge in [0.25, 0.3) is 0 Å². The molecule has 3 unspecified atom stereocenters. The van der Waals surface area contributed by atoms with Crippen molar-refractivity contribution in [3.8, 4) is 0 Å². The quantitative estimate of drug-likeness (QED) is 0.537. The number of aliphatic hydroxyl groups is 1. The van der Waals surface area contributed by atoms with Crippen molar-refractivity contribution in [2.75, 3.05) is 20.3 Å². The molecule has 0 aliphatic rings. The minimum atomic E-state index is -0.678.